The molecule has 6 atom stereocenters. The van der Waals surface area contributed by atoms with Crippen LogP contribution in [-0.4, -0.2) is 72.0 Å². The number of hydrogen-bond acceptors (Lipinski definition) is 10. The van der Waals surface area contributed by atoms with Crippen molar-refractivity contribution >= 4 is 18.1 Å². The molecule has 1 saturated carbocycles. The molecule has 4 aromatic carbocycles. The standard InChI is InChI=1S/C50H55FN2O9/c1-3-26-59-50-46(53(49(57)58-2)31-34-18-20-38(51)21-19-34)30-44(52-60-33-35-12-5-4-6-13-35)42-28-37(15-7-9-24-54)41(17-8-10-25-55)47(48(42)50)43-29-40(22-23-45(43)62-50)61-39-16-11-14-36(27-39)32-56/h3-6,11-14,16,18-23,27-29,32,37,41,46-48,54-55H,1,7-10,15,17,24-26,30-31,33H2,2H3. The van der Waals surface area contributed by atoms with Gasteiger partial charge in [0, 0.05) is 43.2 Å². The number of aliphatic hydroxyl groups excluding tert-OH is 2. The molecule has 4 aromatic rings. The van der Waals surface area contributed by atoms with Gasteiger partial charge in [-0.05, 0) is 96.7 Å². The molecule has 1 amide bonds. The van der Waals surface area contributed by atoms with Crippen LogP contribution in [0.4, 0.5) is 9.18 Å². The molecular formula is C50H55FN2O9. The third kappa shape index (κ3) is 9.78. The summed E-state index contributed by atoms with van der Waals surface area (Å²) in [7, 11) is 1.32. The second-order valence-electron chi connectivity index (χ2n) is 16.0. The van der Waals surface area contributed by atoms with E-state index in [0.29, 0.717) is 46.9 Å². The normalized spacial score (nSPS) is 22.9. The molecule has 7 rings (SSSR count). The van der Waals surface area contributed by atoms with Crippen LogP contribution < -0.4 is 9.47 Å². The van der Waals surface area contributed by atoms with Gasteiger partial charge in [0.15, 0.2) is 0 Å². The molecule has 1 aliphatic heterocycles. The van der Waals surface area contributed by atoms with E-state index in [1.807, 2.05) is 48.5 Å². The van der Waals surface area contributed by atoms with Crippen molar-refractivity contribution in [3.05, 3.63) is 149 Å². The molecule has 2 N–H and O–H groups in total. The highest BCUT2D eigenvalue weighted by atomic mass is 19.1. The summed E-state index contributed by atoms with van der Waals surface area (Å²) < 4.78 is 40.4. The second kappa shape index (κ2) is 20.8. The number of aliphatic hydroxyl groups is 2. The number of halogens is 1. The summed E-state index contributed by atoms with van der Waals surface area (Å²) in [6.45, 7) is 4.45. The number of aldehydes is 1. The van der Waals surface area contributed by atoms with E-state index in [0.717, 1.165) is 48.7 Å². The third-order valence-corrected chi connectivity index (χ3v) is 12.2. The van der Waals surface area contributed by atoms with Gasteiger partial charge >= 0.3 is 6.09 Å². The summed E-state index contributed by atoms with van der Waals surface area (Å²) in [4.78, 5) is 33.6. The number of allylic oxidation sites excluding steroid dienone is 1. The number of rotatable bonds is 20. The number of ether oxygens (including phenoxy) is 4. The van der Waals surface area contributed by atoms with E-state index in [1.165, 1.54) is 19.2 Å². The zero-order chi connectivity index (χ0) is 43.5. The highest BCUT2D eigenvalue weighted by Gasteiger charge is 2.65. The highest BCUT2D eigenvalue weighted by Crippen LogP contribution is 2.62. The molecule has 0 saturated heterocycles. The van der Waals surface area contributed by atoms with Gasteiger partial charge in [-0.15, -0.1) is 6.58 Å². The Labute approximate surface area is 362 Å². The zero-order valence-corrected chi connectivity index (χ0v) is 35.1. The minimum absolute atomic E-state index is 0.0141. The van der Waals surface area contributed by atoms with Crippen LogP contribution in [0, 0.1) is 23.6 Å². The number of carbonyl (C=O) groups is 2. The quantitative estimate of drug-likeness (QED) is 0.0386. The molecule has 1 fully saturated rings. The average molecular weight is 847 g/mol. The molecule has 3 aliphatic rings. The van der Waals surface area contributed by atoms with E-state index in [9.17, 15) is 24.2 Å². The van der Waals surface area contributed by atoms with Gasteiger partial charge in [0.05, 0.1) is 25.3 Å². The summed E-state index contributed by atoms with van der Waals surface area (Å²) in [6, 6.07) is 27.5. The maximum absolute atomic E-state index is 14.2. The lowest BCUT2D eigenvalue weighted by molar-refractivity contribution is -0.256. The first-order valence-electron chi connectivity index (χ1n) is 21.4. The Morgan fingerprint density at radius 3 is 2.42 bits per heavy atom. The third-order valence-electron chi connectivity index (χ3n) is 12.2. The van der Waals surface area contributed by atoms with Crippen molar-refractivity contribution in [1.82, 2.24) is 4.90 Å². The first-order chi connectivity index (χ1) is 30.3. The first kappa shape index (κ1) is 44.2. The number of carbonyl (C=O) groups excluding carboxylic acids is 2. The molecule has 1 heterocycles. The van der Waals surface area contributed by atoms with Gasteiger partial charge in [0.25, 0.3) is 0 Å². The van der Waals surface area contributed by atoms with E-state index in [2.05, 4.69) is 12.7 Å². The van der Waals surface area contributed by atoms with Gasteiger partial charge in [-0.25, -0.2) is 9.18 Å². The Morgan fingerprint density at radius 1 is 0.935 bits per heavy atom. The summed E-state index contributed by atoms with van der Waals surface area (Å²) in [5.74, 6) is -1.24. The van der Waals surface area contributed by atoms with Crippen molar-refractivity contribution in [3.8, 4) is 17.2 Å². The van der Waals surface area contributed by atoms with Crippen LogP contribution in [0.3, 0.4) is 0 Å². The van der Waals surface area contributed by atoms with Crippen molar-refractivity contribution in [1.29, 1.82) is 0 Å². The highest BCUT2D eigenvalue weighted by molar-refractivity contribution is 6.03. The lowest BCUT2D eigenvalue weighted by atomic mass is 9.55. The van der Waals surface area contributed by atoms with E-state index < -0.39 is 29.7 Å². The van der Waals surface area contributed by atoms with Gasteiger partial charge in [0.1, 0.15) is 42.0 Å². The number of methoxy groups -OCH3 is 1. The number of fused-ring (bicyclic) bond motifs is 2. The van der Waals surface area contributed by atoms with E-state index in [-0.39, 0.29) is 57.1 Å². The fourth-order valence-corrected chi connectivity index (χ4v) is 9.46. The minimum Gasteiger partial charge on any atom is -0.459 e. The van der Waals surface area contributed by atoms with Crippen LogP contribution >= 0.6 is 0 Å². The smallest absolute Gasteiger partial charge is 0.410 e. The summed E-state index contributed by atoms with van der Waals surface area (Å²) in [5, 5.41) is 24.7. The van der Waals surface area contributed by atoms with Gasteiger partial charge in [-0.3, -0.25) is 9.69 Å². The largest absolute Gasteiger partial charge is 0.459 e. The number of unbranched alkanes of at least 4 members (excludes halogenated alkanes) is 2. The van der Waals surface area contributed by atoms with Crippen molar-refractivity contribution in [3.63, 3.8) is 0 Å². The molecule has 326 valence electrons. The van der Waals surface area contributed by atoms with Crippen molar-refractivity contribution in [2.75, 3.05) is 26.9 Å². The maximum Gasteiger partial charge on any atom is 0.410 e. The lowest BCUT2D eigenvalue weighted by Gasteiger charge is -2.59. The van der Waals surface area contributed by atoms with E-state index in [1.54, 1.807) is 47.4 Å². The molecule has 0 radical (unpaired) electrons. The Morgan fingerprint density at radius 2 is 1.69 bits per heavy atom. The van der Waals surface area contributed by atoms with Crippen molar-refractivity contribution < 1.29 is 48.0 Å². The average Bonchev–Trinajstić information content (AvgIpc) is 3.30. The maximum atomic E-state index is 14.2. The van der Waals surface area contributed by atoms with Crippen LogP contribution in [0.15, 0.2) is 127 Å². The Bertz CT molecular complexity index is 2210. The number of oxime groups is 1. The molecule has 2 aliphatic carbocycles. The van der Waals surface area contributed by atoms with Crippen molar-refractivity contribution in [2.45, 2.75) is 75.8 Å². The number of nitrogens with zero attached hydrogens (tertiary/aromatic N) is 2. The van der Waals surface area contributed by atoms with Gasteiger partial charge in [-0.2, -0.15) is 0 Å². The molecule has 0 aromatic heterocycles. The van der Waals surface area contributed by atoms with Crippen LogP contribution in [0.1, 0.15) is 77.9 Å². The topological polar surface area (TPSA) is 136 Å². The molecule has 0 bridgehead atoms. The van der Waals surface area contributed by atoms with Gasteiger partial charge < -0.3 is 34.0 Å². The van der Waals surface area contributed by atoms with Gasteiger partial charge in [0.2, 0.25) is 5.79 Å². The molecule has 12 heteroatoms. The zero-order valence-electron chi connectivity index (χ0n) is 35.1. The van der Waals surface area contributed by atoms with Gasteiger partial charge in [-0.1, -0.05) is 84.7 Å². The fourth-order valence-electron chi connectivity index (χ4n) is 9.46. The van der Waals surface area contributed by atoms with E-state index >= 15 is 0 Å². The second-order valence-corrected chi connectivity index (χ2v) is 16.0. The SMILES string of the molecule is C=CCOC12Oc3ccc(Oc4cccc(C=O)c4)cc3C3C(CCCCO)C(CCCCO)C=C(C(=NOCc4ccccc4)CC1N(Cc1ccc(F)cc1)C(=O)OC)C32. The summed E-state index contributed by atoms with van der Waals surface area (Å²) in [6.07, 6.45) is 8.53. The van der Waals surface area contributed by atoms with Crippen LogP contribution in [0.5, 0.6) is 17.2 Å². The van der Waals surface area contributed by atoms with Crippen LogP contribution in [0.2, 0.25) is 0 Å². The molecular weight excluding hydrogens is 792 g/mol. The van der Waals surface area contributed by atoms with E-state index in [4.69, 9.17) is 28.9 Å². The number of hydrogen-bond donors (Lipinski definition) is 2. The van der Waals surface area contributed by atoms with Crippen molar-refractivity contribution in [2.24, 2.45) is 22.9 Å². The lowest BCUT2D eigenvalue weighted by Crippen LogP contribution is -2.70. The summed E-state index contributed by atoms with van der Waals surface area (Å²) in [5.41, 5.74) is 4.45. The Kier molecular flexibility index (Phi) is 14.9. The Hall–Kier alpha value is -5.82. The predicted octanol–water partition coefficient (Wildman–Crippen LogP) is 9.53. The summed E-state index contributed by atoms with van der Waals surface area (Å²) >= 11 is 0. The first-order valence-corrected chi connectivity index (χ1v) is 21.4. The number of amides is 1. The molecule has 6 unspecified atom stereocenters. The van der Waals surface area contributed by atoms with Crippen LogP contribution in [-0.2, 0) is 27.5 Å². The minimum atomic E-state index is -1.53. The van der Waals surface area contributed by atoms with Crippen LogP contribution in [0.25, 0.3) is 0 Å². The Balaban J connectivity index is 1.45. The predicted molar refractivity (Wildman–Crippen MR) is 232 cm³/mol. The molecule has 62 heavy (non-hydrogen) atoms. The fraction of sp³-hybridized carbons (Fsp3) is 0.380. The molecule has 0 spiro atoms. The molecule has 11 nitrogen and oxygen atoms in total. The number of benzene rings is 4. The monoisotopic (exact) mass is 846 g/mol.